The lowest BCUT2D eigenvalue weighted by atomic mass is 9.74. The minimum absolute atomic E-state index is 0.157. The van der Waals surface area contributed by atoms with Gasteiger partial charge in [-0.15, -0.1) is 0 Å². The summed E-state index contributed by atoms with van der Waals surface area (Å²) in [6, 6.07) is 9.22. The van der Waals surface area contributed by atoms with Gasteiger partial charge in [-0.1, -0.05) is 18.2 Å². The van der Waals surface area contributed by atoms with Crippen molar-refractivity contribution < 1.29 is 9.47 Å². The largest absolute Gasteiger partial charge is 0.490 e. The van der Waals surface area contributed by atoms with E-state index in [-0.39, 0.29) is 5.60 Å². The minimum atomic E-state index is 0.157. The third kappa shape index (κ3) is 3.09. The Balaban J connectivity index is 1.40. The zero-order chi connectivity index (χ0) is 14.1. The van der Waals surface area contributed by atoms with Crippen molar-refractivity contribution in [2.24, 2.45) is 0 Å². The molecule has 1 spiro atoms. The smallest absolute Gasteiger partial charge is 0.124 e. The summed E-state index contributed by atoms with van der Waals surface area (Å²) in [5.41, 5.74) is 1.45. The van der Waals surface area contributed by atoms with E-state index in [2.05, 4.69) is 29.6 Å². The normalized spacial score (nSPS) is 27.3. The molecule has 1 aromatic rings. The predicted molar refractivity (Wildman–Crippen MR) is 82.5 cm³/mol. The van der Waals surface area contributed by atoms with Gasteiger partial charge in [0.15, 0.2) is 0 Å². The lowest BCUT2D eigenvalue weighted by molar-refractivity contribution is -0.153. The van der Waals surface area contributed by atoms with Gasteiger partial charge in [-0.25, -0.2) is 0 Å². The highest BCUT2D eigenvalue weighted by atomic mass is 16.5. The maximum atomic E-state index is 6.35. The van der Waals surface area contributed by atoms with E-state index < -0.39 is 0 Å². The van der Waals surface area contributed by atoms with E-state index in [4.69, 9.17) is 9.47 Å². The molecule has 114 valence electrons. The SMILES string of the molecule is c1ccc(OC2CCOC3(CCC3)C2)c(CNC2CC2)c1. The van der Waals surface area contributed by atoms with Gasteiger partial charge < -0.3 is 14.8 Å². The molecule has 0 radical (unpaired) electrons. The van der Waals surface area contributed by atoms with Crippen LogP contribution in [-0.2, 0) is 11.3 Å². The molecular formula is C18H25NO2. The summed E-state index contributed by atoms with van der Waals surface area (Å²) in [6.07, 6.45) is 8.81. The lowest BCUT2D eigenvalue weighted by Gasteiger charge is -2.47. The van der Waals surface area contributed by atoms with Crippen molar-refractivity contribution in [1.82, 2.24) is 5.32 Å². The second-order valence-electron chi connectivity index (χ2n) is 6.88. The highest BCUT2D eigenvalue weighted by Gasteiger charge is 2.43. The summed E-state index contributed by atoms with van der Waals surface area (Å²) in [6.45, 7) is 1.78. The van der Waals surface area contributed by atoms with Crippen LogP contribution in [0.1, 0.15) is 50.5 Å². The third-order valence-corrected chi connectivity index (χ3v) is 5.14. The predicted octanol–water partition coefficient (Wildman–Crippen LogP) is 3.42. The van der Waals surface area contributed by atoms with Crippen molar-refractivity contribution in [2.45, 2.75) is 69.2 Å². The van der Waals surface area contributed by atoms with Crippen LogP contribution >= 0.6 is 0 Å². The Morgan fingerprint density at radius 2 is 2.05 bits per heavy atom. The summed E-state index contributed by atoms with van der Waals surface area (Å²) < 4.78 is 12.3. The molecule has 2 aliphatic carbocycles. The summed E-state index contributed by atoms with van der Waals surface area (Å²) in [5.74, 6) is 1.06. The minimum Gasteiger partial charge on any atom is -0.490 e. The van der Waals surface area contributed by atoms with Crippen molar-refractivity contribution >= 4 is 0 Å². The number of ether oxygens (including phenoxy) is 2. The van der Waals surface area contributed by atoms with Gasteiger partial charge in [-0.2, -0.15) is 0 Å². The zero-order valence-corrected chi connectivity index (χ0v) is 12.6. The first-order valence-corrected chi connectivity index (χ1v) is 8.45. The van der Waals surface area contributed by atoms with Crippen molar-refractivity contribution in [3.63, 3.8) is 0 Å². The molecule has 0 aromatic heterocycles. The molecule has 2 saturated carbocycles. The Kier molecular flexibility index (Phi) is 3.64. The third-order valence-electron chi connectivity index (χ3n) is 5.14. The molecule has 1 atom stereocenters. The van der Waals surface area contributed by atoms with Gasteiger partial charge in [0.05, 0.1) is 12.2 Å². The molecule has 4 rings (SSSR count). The van der Waals surface area contributed by atoms with Crippen LogP contribution in [-0.4, -0.2) is 24.4 Å². The molecule has 1 saturated heterocycles. The van der Waals surface area contributed by atoms with Gasteiger partial charge in [0.2, 0.25) is 0 Å². The van der Waals surface area contributed by atoms with E-state index in [1.807, 2.05) is 0 Å². The maximum Gasteiger partial charge on any atom is 0.124 e. The summed E-state index contributed by atoms with van der Waals surface area (Å²) in [7, 11) is 0. The number of hydrogen-bond donors (Lipinski definition) is 1. The topological polar surface area (TPSA) is 30.5 Å². The molecule has 1 aliphatic heterocycles. The van der Waals surface area contributed by atoms with Gasteiger partial charge in [0.1, 0.15) is 11.9 Å². The summed E-state index contributed by atoms with van der Waals surface area (Å²) in [4.78, 5) is 0. The lowest BCUT2D eigenvalue weighted by Crippen LogP contribution is -2.48. The number of rotatable bonds is 5. The standard InChI is InChI=1S/C18H25NO2/c1-2-5-17(14(4-1)13-19-15-6-7-15)21-16-8-11-20-18(12-16)9-3-10-18/h1-2,4-5,15-16,19H,3,6-13H2. The number of para-hydroxylation sites is 1. The first-order valence-electron chi connectivity index (χ1n) is 8.45. The molecule has 1 N–H and O–H groups in total. The quantitative estimate of drug-likeness (QED) is 0.900. The molecule has 0 amide bonds. The molecule has 3 fully saturated rings. The van der Waals surface area contributed by atoms with E-state index in [1.165, 1.54) is 37.7 Å². The molecule has 0 bridgehead atoms. The molecule has 1 heterocycles. The van der Waals surface area contributed by atoms with Crippen LogP contribution in [0.4, 0.5) is 0 Å². The van der Waals surface area contributed by atoms with E-state index in [9.17, 15) is 0 Å². The van der Waals surface area contributed by atoms with Crippen LogP contribution in [0.5, 0.6) is 5.75 Å². The first-order chi connectivity index (χ1) is 10.3. The van der Waals surface area contributed by atoms with Crippen molar-refractivity contribution in [3.8, 4) is 5.75 Å². The van der Waals surface area contributed by atoms with Gasteiger partial charge >= 0.3 is 0 Å². The molecular weight excluding hydrogens is 262 g/mol. The Labute approximate surface area is 127 Å². The van der Waals surface area contributed by atoms with Crippen LogP contribution < -0.4 is 10.1 Å². The molecule has 3 aliphatic rings. The fourth-order valence-corrected chi connectivity index (χ4v) is 3.49. The van der Waals surface area contributed by atoms with Crippen LogP contribution in [0, 0.1) is 0 Å². The Morgan fingerprint density at radius 1 is 1.19 bits per heavy atom. The fraction of sp³-hybridized carbons (Fsp3) is 0.667. The summed E-state index contributed by atoms with van der Waals surface area (Å²) >= 11 is 0. The fourth-order valence-electron chi connectivity index (χ4n) is 3.49. The molecule has 21 heavy (non-hydrogen) atoms. The molecule has 3 heteroatoms. The average molecular weight is 287 g/mol. The monoisotopic (exact) mass is 287 g/mol. The van der Waals surface area contributed by atoms with Gasteiger partial charge in [0, 0.05) is 31.0 Å². The maximum absolute atomic E-state index is 6.35. The van der Waals surface area contributed by atoms with Crippen LogP contribution in [0.3, 0.4) is 0 Å². The van der Waals surface area contributed by atoms with E-state index in [0.717, 1.165) is 37.8 Å². The zero-order valence-electron chi connectivity index (χ0n) is 12.6. The Bertz CT molecular complexity index is 494. The Morgan fingerprint density at radius 3 is 2.81 bits per heavy atom. The van der Waals surface area contributed by atoms with Crippen LogP contribution in [0.25, 0.3) is 0 Å². The first kappa shape index (κ1) is 13.6. The molecule has 1 unspecified atom stereocenters. The molecule has 3 nitrogen and oxygen atoms in total. The number of nitrogens with one attached hydrogen (secondary N) is 1. The second-order valence-corrected chi connectivity index (χ2v) is 6.88. The highest BCUT2D eigenvalue weighted by Crippen LogP contribution is 2.43. The van der Waals surface area contributed by atoms with E-state index in [0.29, 0.717) is 6.10 Å². The average Bonchev–Trinajstić information content (AvgIpc) is 3.29. The van der Waals surface area contributed by atoms with Crippen molar-refractivity contribution in [2.75, 3.05) is 6.61 Å². The van der Waals surface area contributed by atoms with Gasteiger partial charge in [0.25, 0.3) is 0 Å². The van der Waals surface area contributed by atoms with E-state index in [1.54, 1.807) is 0 Å². The van der Waals surface area contributed by atoms with Crippen molar-refractivity contribution in [1.29, 1.82) is 0 Å². The number of hydrogen-bond acceptors (Lipinski definition) is 3. The van der Waals surface area contributed by atoms with Crippen LogP contribution in [0.2, 0.25) is 0 Å². The Hall–Kier alpha value is -1.06. The summed E-state index contributed by atoms with van der Waals surface area (Å²) in [5, 5.41) is 3.58. The van der Waals surface area contributed by atoms with Gasteiger partial charge in [-0.05, 0) is 38.2 Å². The van der Waals surface area contributed by atoms with Gasteiger partial charge in [-0.3, -0.25) is 0 Å². The van der Waals surface area contributed by atoms with E-state index >= 15 is 0 Å². The molecule has 1 aromatic carbocycles. The van der Waals surface area contributed by atoms with Crippen LogP contribution in [0.15, 0.2) is 24.3 Å². The number of benzene rings is 1. The highest BCUT2D eigenvalue weighted by molar-refractivity contribution is 5.33. The second kappa shape index (κ2) is 5.62. The van der Waals surface area contributed by atoms with Crippen molar-refractivity contribution in [3.05, 3.63) is 29.8 Å².